The number of rotatable bonds is 6. The first-order valence-electron chi connectivity index (χ1n) is 10.3. The molecule has 0 spiro atoms. The fourth-order valence-corrected chi connectivity index (χ4v) is 4.51. The fraction of sp³-hybridized carbons (Fsp3) is 0.115. The van der Waals surface area contributed by atoms with Gasteiger partial charge >= 0.3 is 5.97 Å². The second-order valence-electron chi connectivity index (χ2n) is 7.67. The molecule has 0 aromatic heterocycles. The zero-order chi connectivity index (χ0) is 24.4. The van der Waals surface area contributed by atoms with Crippen molar-refractivity contribution in [3.05, 3.63) is 99.5 Å². The summed E-state index contributed by atoms with van der Waals surface area (Å²) in [6.45, 7) is 0. The number of anilines is 1. The highest BCUT2D eigenvalue weighted by atomic mass is 79.9. The topological polar surface area (TPSA) is 104 Å². The first-order valence-corrected chi connectivity index (χ1v) is 11.1. The number of benzene rings is 3. The number of halogens is 1. The molecule has 2 N–H and O–H groups in total. The quantitative estimate of drug-likeness (QED) is 0.276. The third-order valence-electron chi connectivity index (χ3n) is 5.55. The van der Waals surface area contributed by atoms with Crippen LogP contribution in [0.2, 0.25) is 0 Å². The molecule has 1 amide bonds. The summed E-state index contributed by atoms with van der Waals surface area (Å²) in [6, 6.07) is 19.4. The normalized spacial score (nSPS) is 17.1. The SMILES string of the molecule is COc1ccc(/C(O)=C2/C(=O)C(=O)N(c3ccc(CC(=O)O)cc3)C2c2ccccc2)cc1Br. The molecule has 1 heterocycles. The molecule has 0 radical (unpaired) electrons. The smallest absolute Gasteiger partial charge is 0.307 e. The molecule has 0 bridgehead atoms. The van der Waals surface area contributed by atoms with E-state index in [0.717, 1.165) is 0 Å². The second kappa shape index (κ2) is 9.52. The van der Waals surface area contributed by atoms with Crippen LogP contribution >= 0.6 is 15.9 Å². The van der Waals surface area contributed by atoms with E-state index in [2.05, 4.69) is 15.9 Å². The Hall–Kier alpha value is -3.91. The Labute approximate surface area is 204 Å². The molecular weight excluding hydrogens is 502 g/mol. The third-order valence-corrected chi connectivity index (χ3v) is 6.17. The minimum absolute atomic E-state index is 0.0390. The van der Waals surface area contributed by atoms with Gasteiger partial charge in [0, 0.05) is 11.3 Å². The number of aliphatic hydroxyl groups excluding tert-OH is 1. The van der Waals surface area contributed by atoms with E-state index in [9.17, 15) is 19.5 Å². The summed E-state index contributed by atoms with van der Waals surface area (Å²) in [5, 5.41) is 20.2. The number of carboxylic acids is 1. The van der Waals surface area contributed by atoms with E-state index in [1.54, 1.807) is 66.7 Å². The number of aliphatic carboxylic acids is 1. The number of hydrogen-bond donors (Lipinski definition) is 2. The van der Waals surface area contributed by atoms with Crippen molar-refractivity contribution in [2.75, 3.05) is 12.0 Å². The van der Waals surface area contributed by atoms with E-state index in [0.29, 0.717) is 32.6 Å². The Balaban J connectivity index is 1.86. The lowest BCUT2D eigenvalue weighted by Crippen LogP contribution is -2.29. The maximum atomic E-state index is 13.2. The summed E-state index contributed by atoms with van der Waals surface area (Å²) in [6.07, 6.45) is -0.159. The lowest BCUT2D eigenvalue weighted by Gasteiger charge is -2.25. The van der Waals surface area contributed by atoms with Crippen molar-refractivity contribution in [3.8, 4) is 5.75 Å². The van der Waals surface area contributed by atoms with E-state index in [1.807, 2.05) is 6.07 Å². The summed E-state index contributed by atoms with van der Waals surface area (Å²) in [5.74, 6) is -2.32. The van der Waals surface area contributed by atoms with E-state index >= 15 is 0 Å². The predicted octanol–water partition coefficient (Wildman–Crippen LogP) is 4.71. The number of hydrogen-bond acceptors (Lipinski definition) is 5. The molecule has 3 aromatic carbocycles. The van der Waals surface area contributed by atoms with Crippen LogP contribution in [0, 0.1) is 0 Å². The molecule has 172 valence electrons. The fourth-order valence-electron chi connectivity index (χ4n) is 3.97. The maximum absolute atomic E-state index is 13.2. The van der Waals surface area contributed by atoms with Gasteiger partial charge in [0.2, 0.25) is 0 Å². The number of amides is 1. The Morgan fingerprint density at radius 1 is 1.00 bits per heavy atom. The molecule has 1 fully saturated rings. The van der Waals surface area contributed by atoms with E-state index in [1.165, 1.54) is 12.0 Å². The number of ether oxygens (including phenoxy) is 1. The van der Waals surface area contributed by atoms with Crippen LogP contribution in [0.25, 0.3) is 5.76 Å². The molecule has 3 aromatic rings. The number of nitrogens with zero attached hydrogens (tertiary/aromatic N) is 1. The van der Waals surface area contributed by atoms with Crippen molar-refractivity contribution in [1.82, 2.24) is 0 Å². The van der Waals surface area contributed by atoms with Crippen molar-refractivity contribution in [3.63, 3.8) is 0 Å². The molecule has 0 aliphatic carbocycles. The number of carbonyl (C=O) groups is 3. The summed E-state index contributed by atoms with van der Waals surface area (Å²) >= 11 is 3.38. The number of carboxylic acid groups (broad SMARTS) is 1. The lowest BCUT2D eigenvalue weighted by atomic mass is 9.95. The van der Waals surface area contributed by atoms with Gasteiger partial charge in [-0.1, -0.05) is 42.5 Å². The van der Waals surface area contributed by atoms with Crippen LogP contribution < -0.4 is 9.64 Å². The molecule has 34 heavy (non-hydrogen) atoms. The lowest BCUT2D eigenvalue weighted by molar-refractivity contribution is -0.136. The molecule has 4 rings (SSSR count). The highest BCUT2D eigenvalue weighted by Crippen LogP contribution is 2.42. The van der Waals surface area contributed by atoms with Crippen molar-refractivity contribution >= 4 is 45.0 Å². The number of aliphatic hydroxyl groups is 1. The number of methoxy groups -OCH3 is 1. The molecule has 8 heteroatoms. The van der Waals surface area contributed by atoms with E-state index < -0.39 is 23.7 Å². The first kappa shape index (κ1) is 23.3. The maximum Gasteiger partial charge on any atom is 0.307 e. The van der Waals surface area contributed by atoms with Gasteiger partial charge in [-0.25, -0.2) is 0 Å². The standard InChI is InChI=1S/C26H20BrNO6/c1-34-20-12-9-17(14-19(20)27)24(31)22-23(16-5-3-2-4-6-16)28(26(33)25(22)32)18-10-7-15(8-11-18)13-21(29)30/h2-12,14,23,31H,13H2,1H3,(H,29,30)/b24-22-. The summed E-state index contributed by atoms with van der Waals surface area (Å²) in [4.78, 5) is 38.7. The largest absolute Gasteiger partial charge is 0.507 e. The summed E-state index contributed by atoms with van der Waals surface area (Å²) in [5.41, 5.74) is 1.93. The summed E-state index contributed by atoms with van der Waals surface area (Å²) in [7, 11) is 1.52. The average molecular weight is 522 g/mol. The van der Waals surface area contributed by atoms with Crippen molar-refractivity contribution in [2.45, 2.75) is 12.5 Å². The molecule has 1 aliphatic rings. The van der Waals surface area contributed by atoms with Gasteiger partial charge in [-0.15, -0.1) is 0 Å². The average Bonchev–Trinajstić information content (AvgIpc) is 3.09. The molecule has 1 unspecified atom stereocenters. The van der Waals surface area contributed by atoms with Crippen LogP contribution in [-0.4, -0.2) is 35.0 Å². The van der Waals surface area contributed by atoms with Crippen LogP contribution in [0.5, 0.6) is 5.75 Å². The Morgan fingerprint density at radius 3 is 2.26 bits per heavy atom. The monoisotopic (exact) mass is 521 g/mol. The summed E-state index contributed by atoms with van der Waals surface area (Å²) < 4.78 is 5.81. The van der Waals surface area contributed by atoms with Crippen LogP contribution in [0.3, 0.4) is 0 Å². The Bertz CT molecular complexity index is 1300. The second-order valence-corrected chi connectivity index (χ2v) is 8.52. The predicted molar refractivity (Wildman–Crippen MR) is 130 cm³/mol. The van der Waals surface area contributed by atoms with Crippen LogP contribution in [-0.2, 0) is 20.8 Å². The Morgan fingerprint density at radius 2 is 1.68 bits per heavy atom. The van der Waals surface area contributed by atoms with Gasteiger partial charge in [0.15, 0.2) is 0 Å². The third kappa shape index (κ3) is 4.32. The van der Waals surface area contributed by atoms with Crippen LogP contribution in [0.15, 0.2) is 82.8 Å². The van der Waals surface area contributed by atoms with Gasteiger partial charge in [0.25, 0.3) is 11.7 Å². The van der Waals surface area contributed by atoms with E-state index in [-0.39, 0.29) is 17.8 Å². The minimum atomic E-state index is -0.969. The van der Waals surface area contributed by atoms with Crippen molar-refractivity contribution in [2.24, 2.45) is 0 Å². The van der Waals surface area contributed by atoms with Gasteiger partial charge in [-0.05, 0) is 57.4 Å². The van der Waals surface area contributed by atoms with Gasteiger partial charge in [0.05, 0.1) is 29.6 Å². The zero-order valence-corrected chi connectivity index (χ0v) is 19.7. The van der Waals surface area contributed by atoms with Crippen LogP contribution in [0.1, 0.15) is 22.7 Å². The molecule has 0 saturated carbocycles. The molecule has 1 saturated heterocycles. The number of ketones is 1. The van der Waals surface area contributed by atoms with Crippen molar-refractivity contribution < 1.29 is 29.3 Å². The minimum Gasteiger partial charge on any atom is -0.507 e. The highest BCUT2D eigenvalue weighted by molar-refractivity contribution is 9.10. The molecule has 1 atom stereocenters. The molecule has 1 aliphatic heterocycles. The van der Waals surface area contributed by atoms with Gasteiger partial charge in [0.1, 0.15) is 11.5 Å². The van der Waals surface area contributed by atoms with Crippen molar-refractivity contribution in [1.29, 1.82) is 0 Å². The van der Waals surface area contributed by atoms with Gasteiger partial charge in [-0.3, -0.25) is 19.3 Å². The first-order chi connectivity index (χ1) is 16.3. The Kier molecular flexibility index (Phi) is 6.51. The number of carbonyl (C=O) groups excluding carboxylic acids is 2. The van der Waals surface area contributed by atoms with Gasteiger partial charge < -0.3 is 14.9 Å². The molecule has 7 nitrogen and oxygen atoms in total. The highest BCUT2D eigenvalue weighted by Gasteiger charge is 2.46. The number of Topliss-reactive ketones (excluding diaryl/α,β-unsaturated/α-hetero) is 1. The molecular formula is C26H20BrNO6. The van der Waals surface area contributed by atoms with Gasteiger partial charge in [-0.2, -0.15) is 0 Å². The van der Waals surface area contributed by atoms with Crippen LogP contribution in [0.4, 0.5) is 5.69 Å². The van der Waals surface area contributed by atoms with E-state index in [4.69, 9.17) is 9.84 Å². The zero-order valence-electron chi connectivity index (χ0n) is 18.1.